The zero-order valence-electron chi connectivity index (χ0n) is 18.8. The lowest BCUT2D eigenvalue weighted by atomic mass is 10.1. The predicted molar refractivity (Wildman–Crippen MR) is 130 cm³/mol. The highest BCUT2D eigenvalue weighted by Gasteiger charge is 2.20. The average molecular weight is 486 g/mol. The molecule has 1 amide bonds. The molecule has 0 spiro atoms. The average Bonchev–Trinajstić information content (AvgIpc) is 3.30. The Balaban J connectivity index is 1.68. The van der Waals surface area contributed by atoms with E-state index in [1.807, 2.05) is 19.0 Å². The molecule has 1 atom stereocenters. The fourth-order valence-corrected chi connectivity index (χ4v) is 3.54. The fourth-order valence-electron chi connectivity index (χ4n) is 3.42. The SMILES string of the molecule is CN(C)CC=CC(=O)Nc1cc2c(Nc3ccc(Cl)c(F)c3)ncnc2cc1O[C@H]1CCOC1. The summed E-state index contributed by atoms with van der Waals surface area (Å²) < 4.78 is 25.5. The zero-order valence-corrected chi connectivity index (χ0v) is 19.6. The van der Waals surface area contributed by atoms with Gasteiger partial charge in [-0.3, -0.25) is 4.79 Å². The molecule has 1 fully saturated rings. The number of aromatic nitrogens is 2. The van der Waals surface area contributed by atoms with Gasteiger partial charge in [0.25, 0.3) is 0 Å². The van der Waals surface area contributed by atoms with Crippen LogP contribution in [-0.4, -0.2) is 60.7 Å². The van der Waals surface area contributed by atoms with Crippen LogP contribution in [0.5, 0.6) is 5.75 Å². The van der Waals surface area contributed by atoms with Gasteiger partial charge in [0.15, 0.2) is 0 Å². The normalized spacial score (nSPS) is 15.9. The van der Waals surface area contributed by atoms with Crippen LogP contribution in [0, 0.1) is 5.82 Å². The lowest BCUT2D eigenvalue weighted by Gasteiger charge is -2.17. The van der Waals surface area contributed by atoms with Gasteiger partial charge in [-0.05, 0) is 38.4 Å². The second-order valence-electron chi connectivity index (χ2n) is 8.10. The van der Waals surface area contributed by atoms with Gasteiger partial charge < -0.3 is 25.0 Å². The Bertz CT molecular complexity index is 1210. The van der Waals surface area contributed by atoms with Crippen molar-refractivity contribution in [1.29, 1.82) is 0 Å². The van der Waals surface area contributed by atoms with Crippen molar-refractivity contribution in [3.63, 3.8) is 0 Å². The van der Waals surface area contributed by atoms with Crippen molar-refractivity contribution >= 4 is 45.6 Å². The number of hydrogen-bond acceptors (Lipinski definition) is 7. The number of anilines is 3. The number of carbonyl (C=O) groups is 1. The first-order valence-electron chi connectivity index (χ1n) is 10.8. The van der Waals surface area contributed by atoms with Crippen LogP contribution in [0.15, 0.2) is 48.8 Å². The van der Waals surface area contributed by atoms with E-state index < -0.39 is 5.82 Å². The van der Waals surface area contributed by atoms with Crippen LogP contribution in [0.1, 0.15) is 6.42 Å². The number of halogens is 2. The van der Waals surface area contributed by atoms with Gasteiger partial charge in [0.2, 0.25) is 5.91 Å². The number of carbonyl (C=O) groups excluding carboxylic acids is 1. The molecule has 1 aliphatic heterocycles. The monoisotopic (exact) mass is 485 g/mol. The molecule has 1 saturated heterocycles. The summed E-state index contributed by atoms with van der Waals surface area (Å²) in [4.78, 5) is 23.2. The summed E-state index contributed by atoms with van der Waals surface area (Å²) in [5, 5.41) is 6.64. The van der Waals surface area contributed by atoms with Crippen LogP contribution < -0.4 is 15.4 Å². The number of fused-ring (bicyclic) bond motifs is 1. The highest BCUT2D eigenvalue weighted by molar-refractivity contribution is 6.30. The van der Waals surface area contributed by atoms with Crippen molar-refractivity contribution in [2.75, 3.05) is 44.5 Å². The fraction of sp³-hybridized carbons (Fsp3) is 0.292. The Kier molecular flexibility index (Phi) is 7.56. The lowest BCUT2D eigenvalue weighted by Crippen LogP contribution is -2.18. The molecule has 1 aromatic heterocycles. The van der Waals surface area contributed by atoms with Gasteiger partial charge in [0.1, 0.15) is 29.8 Å². The summed E-state index contributed by atoms with van der Waals surface area (Å²) in [6.07, 6.45) is 5.29. The van der Waals surface area contributed by atoms with E-state index in [0.29, 0.717) is 53.6 Å². The molecule has 0 unspecified atom stereocenters. The standard InChI is InChI=1S/C24H25ClFN5O3/c1-31(2)8-3-4-23(32)30-21-11-17-20(12-22(21)34-16-7-9-33-13-16)27-14-28-24(17)29-15-5-6-18(25)19(26)10-15/h3-6,10-12,14,16H,7-9,13H2,1-2H3,(H,30,32)(H,27,28,29)/t16-/m0/s1. The molecule has 2 aromatic carbocycles. The van der Waals surface area contributed by atoms with Crippen molar-refractivity contribution in [1.82, 2.24) is 14.9 Å². The third kappa shape index (κ3) is 5.99. The van der Waals surface area contributed by atoms with E-state index in [-0.39, 0.29) is 17.0 Å². The minimum absolute atomic E-state index is 0.0306. The van der Waals surface area contributed by atoms with Gasteiger partial charge in [-0.1, -0.05) is 17.7 Å². The summed E-state index contributed by atoms with van der Waals surface area (Å²) in [6, 6.07) is 7.89. The highest BCUT2D eigenvalue weighted by atomic mass is 35.5. The first-order valence-corrected chi connectivity index (χ1v) is 11.1. The van der Waals surface area contributed by atoms with Gasteiger partial charge in [-0.2, -0.15) is 0 Å². The molecule has 8 nitrogen and oxygen atoms in total. The molecule has 34 heavy (non-hydrogen) atoms. The smallest absolute Gasteiger partial charge is 0.248 e. The number of benzene rings is 2. The number of likely N-dealkylation sites (N-methyl/N-ethyl adjacent to an activating group) is 1. The number of nitrogens with zero attached hydrogens (tertiary/aromatic N) is 3. The summed E-state index contributed by atoms with van der Waals surface area (Å²) >= 11 is 5.79. The molecule has 0 aliphatic carbocycles. The summed E-state index contributed by atoms with van der Waals surface area (Å²) in [5.74, 6) is 0.0949. The van der Waals surface area contributed by atoms with Crippen molar-refractivity contribution in [2.24, 2.45) is 0 Å². The van der Waals surface area contributed by atoms with E-state index in [9.17, 15) is 9.18 Å². The third-order valence-electron chi connectivity index (χ3n) is 5.10. The van der Waals surface area contributed by atoms with Crippen LogP contribution in [0.25, 0.3) is 10.9 Å². The molecule has 0 saturated carbocycles. The molecular weight excluding hydrogens is 461 g/mol. The van der Waals surface area contributed by atoms with E-state index in [1.165, 1.54) is 24.5 Å². The number of ether oxygens (including phenoxy) is 2. The molecule has 2 N–H and O–H groups in total. The van der Waals surface area contributed by atoms with E-state index in [2.05, 4.69) is 20.6 Å². The van der Waals surface area contributed by atoms with Gasteiger partial charge in [0.05, 0.1) is 29.4 Å². The molecule has 4 rings (SSSR count). The highest BCUT2D eigenvalue weighted by Crippen LogP contribution is 2.35. The molecule has 2 heterocycles. The molecule has 3 aromatic rings. The van der Waals surface area contributed by atoms with Crippen molar-refractivity contribution < 1.29 is 18.7 Å². The van der Waals surface area contributed by atoms with E-state index in [0.717, 1.165) is 6.42 Å². The first-order chi connectivity index (χ1) is 16.4. The molecule has 0 bridgehead atoms. The Morgan fingerprint density at radius 3 is 2.91 bits per heavy atom. The van der Waals surface area contributed by atoms with Crippen molar-refractivity contribution in [3.05, 3.63) is 59.7 Å². The second kappa shape index (κ2) is 10.8. The number of hydrogen-bond donors (Lipinski definition) is 2. The van der Waals surface area contributed by atoms with Crippen molar-refractivity contribution in [3.8, 4) is 5.75 Å². The van der Waals surface area contributed by atoms with E-state index in [4.69, 9.17) is 21.1 Å². The predicted octanol–water partition coefficient (Wildman–Crippen LogP) is 4.39. The van der Waals surface area contributed by atoms with Crippen molar-refractivity contribution in [2.45, 2.75) is 12.5 Å². The summed E-state index contributed by atoms with van der Waals surface area (Å²) in [6.45, 7) is 1.74. The van der Waals surface area contributed by atoms with Crippen LogP contribution >= 0.6 is 11.6 Å². The van der Waals surface area contributed by atoms with Gasteiger partial charge in [0, 0.05) is 36.2 Å². The molecule has 178 valence electrons. The Hall–Kier alpha value is -3.27. The molecule has 10 heteroatoms. The minimum Gasteiger partial charge on any atom is -0.486 e. The Morgan fingerprint density at radius 1 is 1.32 bits per heavy atom. The molecule has 0 radical (unpaired) electrons. The maximum Gasteiger partial charge on any atom is 0.248 e. The van der Waals surface area contributed by atoms with Crippen LogP contribution in [0.3, 0.4) is 0 Å². The quantitative estimate of drug-likeness (QED) is 0.457. The molecule has 1 aliphatic rings. The van der Waals surface area contributed by atoms with Gasteiger partial charge >= 0.3 is 0 Å². The lowest BCUT2D eigenvalue weighted by molar-refractivity contribution is -0.111. The summed E-state index contributed by atoms with van der Waals surface area (Å²) in [7, 11) is 3.84. The van der Waals surface area contributed by atoms with Crippen LogP contribution in [0.2, 0.25) is 5.02 Å². The topological polar surface area (TPSA) is 88.6 Å². The van der Waals surface area contributed by atoms with Gasteiger partial charge in [-0.15, -0.1) is 0 Å². The number of amides is 1. The third-order valence-corrected chi connectivity index (χ3v) is 5.40. The van der Waals surface area contributed by atoms with Crippen LogP contribution in [0.4, 0.5) is 21.6 Å². The first kappa shape index (κ1) is 23.9. The second-order valence-corrected chi connectivity index (χ2v) is 8.51. The molecular formula is C24H25ClFN5O3. The minimum atomic E-state index is -0.544. The van der Waals surface area contributed by atoms with Gasteiger partial charge in [-0.25, -0.2) is 14.4 Å². The maximum absolute atomic E-state index is 13.9. The Labute approximate surface area is 201 Å². The zero-order chi connectivity index (χ0) is 24.1. The largest absolute Gasteiger partial charge is 0.486 e. The van der Waals surface area contributed by atoms with Crippen LogP contribution in [-0.2, 0) is 9.53 Å². The maximum atomic E-state index is 13.9. The number of rotatable bonds is 8. The van der Waals surface area contributed by atoms with E-state index in [1.54, 1.807) is 24.3 Å². The Morgan fingerprint density at radius 2 is 2.18 bits per heavy atom. The summed E-state index contributed by atoms with van der Waals surface area (Å²) in [5.41, 5.74) is 1.54. The van der Waals surface area contributed by atoms with E-state index >= 15 is 0 Å². The number of nitrogens with one attached hydrogen (secondary N) is 2.